The van der Waals surface area contributed by atoms with E-state index in [2.05, 4.69) is 42.5 Å². The van der Waals surface area contributed by atoms with Gasteiger partial charge in [0.05, 0.1) is 53.0 Å². The third kappa shape index (κ3) is 23.2. The Morgan fingerprint density at radius 1 is 0.709 bits per heavy atom. The first-order chi connectivity index (χ1) is 59.9. The lowest BCUT2D eigenvalue weighted by Gasteiger charge is -2.47. The number of likely N-dealkylation sites (N-methyl/N-ethyl adjacent to an activating group) is 1. The number of carbonyl (C=O) groups excluding carboxylic acids is 10. The van der Waals surface area contributed by atoms with Crippen molar-refractivity contribution in [1.29, 1.82) is 0 Å². The summed E-state index contributed by atoms with van der Waals surface area (Å²) in [5, 5.41) is 145. The molecule has 0 aliphatic carbocycles. The number of benzene rings is 5. The number of carbonyl (C=O) groups is 11. The second-order valence-electron chi connectivity index (χ2n) is 31.7. The number of hydrogen-bond donors (Lipinski definition) is 22. The lowest BCUT2D eigenvalue weighted by atomic mass is 9.85. The predicted molar refractivity (Wildman–Crippen MR) is 435 cm³/mol. The molecule has 0 saturated carbocycles. The van der Waals surface area contributed by atoms with E-state index in [-0.39, 0.29) is 42.6 Å². The van der Waals surface area contributed by atoms with Crippen molar-refractivity contribution in [2.75, 3.05) is 20.4 Å². The quantitative estimate of drug-likeness (QED) is 0.0186. The topological polar surface area (TPSA) is 688 Å². The Kier molecular flexibility index (Phi) is 32.5. The van der Waals surface area contributed by atoms with Gasteiger partial charge in [0.2, 0.25) is 60.2 Å². The molecule has 690 valence electrons. The van der Waals surface area contributed by atoms with Crippen LogP contribution in [0.25, 0.3) is 11.1 Å². The molecule has 0 aromatic heterocycles. The van der Waals surface area contributed by atoms with Gasteiger partial charge in [-0.3, -0.25) is 38.4 Å². The number of halogens is 2. The maximum atomic E-state index is 16.5. The lowest BCUT2D eigenvalue weighted by Crippen LogP contribution is -2.64. The molecule has 0 spiro atoms. The Hall–Kier alpha value is -10.9. The molecule has 44 nitrogen and oxygen atoms in total. The molecule has 127 heavy (non-hydrogen) atoms. The number of fused-ring (bicyclic) bond motifs is 15. The van der Waals surface area contributed by atoms with E-state index in [1.165, 1.54) is 46.9 Å². The van der Waals surface area contributed by atoms with Crippen molar-refractivity contribution in [1.82, 2.24) is 42.5 Å². The molecule has 3 saturated heterocycles. The minimum absolute atomic E-state index is 0.140. The summed E-state index contributed by atoms with van der Waals surface area (Å²) in [6.07, 6.45) is -28.3. The average Bonchev–Trinajstić information content (AvgIpc) is 0.764. The van der Waals surface area contributed by atoms with Crippen molar-refractivity contribution >= 4 is 97.6 Å². The molecule has 24 atom stereocenters. The minimum Gasteiger partial charge on any atom is -0.508 e. The van der Waals surface area contributed by atoms with Crippen LogP contribution < -0.4 is 68.2 Å². The number of esters is 1. The van der Waals surface area contributed by atoms with E-state index in [0.717, 1.165) is 66.7 Å². The van der Waals surface area contributed by atoms with Crippen molar-refractivity contribution in [3.63, 3.8) is 0 Å². The van der Waals surface area contributed by atoms with Crippen LogP contribution in [-0.4, -0.2) is 256 Å². The fraction of sp³-hybridized carbons (Fsp3) is 0.487. The van der Waals surface area contributed by atoms with E-state index in [9.17, 15) is 84.9 Å². The summed E-state index contributed by atoms with van der Waals surface area (Å²) in [6, 6.07) is -1.73. The second-order valence-corrected chi connectivity index (χ2v) is 32.7. The van der Waals surface area contributed by atoms with Crippen LogP contribution in [0.2, 0.25) is 10.0 Å². The number of amides is 8. The Morgan fingerprint density at radius 3 is 1.91 bits per heavy atom. The summed E-state index contributed by atoms with van der Waals surface area (Å²) in [4.78, 5) is 165. The van der Waals surface area contributed by atoms with Gasteiger partial charge in [-0.2, -0.15) is 4.89 Å². The van der Waals surface area contributed by atoms with Crippen molar-refractivity contribution in [2.45, 2.75) is 219 Å². The van der Waals surface area contributed by atoms with E-state index < -0.39 is 324 Å². The number of aldehydes is 1. The second kappa shape index (κ2) is 41.9. The highest BCUT2D eigenvalue weighted by molar-refractivity contribution is 7.16. The van der Waals surface area contributed by atoms with Gasteiger partial charge in [0.25, 0.3) is 0 Å². The number of aliphatic hydroxyl groups excluding tert-OH is 7. The van der Waals surface area contributed by atoms with Gasteiger partial charge in [0, 0.05) is 47.6 Å². The highest BCUT2D eigenvalue weighted by atomic mass is 35.5. The molecule has 3 fully saturated rings. The third-order valence-corrected chi connectivity index (χ3v) is 22.3. The molecule has 8 amide bonds. The van der Waals surface area contributed by atoms with Crippen LogP contribution in [0.3, 0.4) is 0 Å². The Morgan fingerprint density at radius 2 is 1.31 bits per heavy atom. The zero-order chi connectivity index (χ0) is 93.3. The minimum atomic E-state index is -2.46. The first kappa shape index (κ1) is 98.3. The number of hydrogen-bond acceptors (Lipinski definition) is 34. The summed E-state index contributed by atoms with van der Waals surface area (Å²) in [5.41, 5.74) is 5.70. The zero-order valence-corrected chi connectivity index (χ0v) is 71.2. The van der Waals surface area contributed by atoms with Gasteiger partial charge in [-0.25, -0.2) is 9.59 Å². The number of aromatic hydroxyl groups is 3. The van der Waals surface area contributed by atoms with Gasteiger partial charge in [-0.1, -0.05) is 55.2 Å². The Balaban J connectivity index is 0.00000552. The van der Waals surface area contributed by atoms with Crippen LogP contribution in [0, 0.1) is 5.92 Å². The number of rotatable bonds is 22. The fourth-order valence-electron chi connectivity index (χ4n) is 15.2. The average molecular weight is 1850 g/mol. The van der Waals surface area contributed by atoms with Crippen LogP contribution >= 0.6 is 31.9 Å². The molecule has 13 rings (SSSR count). The van der Waals surface area contributed by atoms with E-state index in [4.69, 9.17) is 91.5 Å². The smallest absolute Gasteiger partial charge is 0.491 e. The first-order valence-electron chi connectivity index (χ1n) is 39.4. The first-order valence-corrected chi connectivity index (χ1v) is 41.0. The zero-order valence-electron chi connectivity index (χ0n) is 68.7. The van der Waals surface area contributed by atoms with Gasteiger partial charge in [0.1, 0.15) is 108 Å². The molecule has 8 heterocycles. The fourth-order valence-corrected chi connectivity index (χ4v) is 15.6. The molecule has 8 aliphatic heterocycles. The molecule has 5 aromatic carbocycles. The van der Waals surface area contributed by atoms with Crippen molar-refractivity contribution < 1.29 is 166 Å². The largest absolute Gasteiger partial charge is 0.508 e. The summed E-state index contributed by atoms with van der Waals surface area (Å²) in [7, 11) is 0.286. The maximum Gasteiger partial charge on any atom is 0.491 e. The van der Waals surface area contributed by atoms with Crippen LogP contribution in [0.15, 0.2) is 78.9 Å². The third-order valence-electron chi connectivity index (χ3n) is 21.7. The summed E-state index contributed by atoms with van der Waals surface area (Å²) in [5.74, 6) is -18.1. The molecule has 8 aliphatic rings. The molecule has 47 heteroatoms. The highest BCUT2D eigenvalue weighted by Crippen LogP contribution is 2.51. The molecule has 24 N–H and O–H groups in total. The molecular formula is C80H98Cl2N10O34P+. The SMILES string of the molecule is CNC(CC(C)C)C(=O)NC1C(=O)NC(CC(N)=O)C(=O)NC2C(=O)NC3C(=O)NC(C(=O)NC(C(=O)O)c4cc(O)cc(O)c4-c4cc3ccc4O)C(OC3CC(C)(NC(=O)OCOC(=O)CCC(O)C=O)C(O)C(C)O3)c3ccc(c(Cl)c3)Oc3cc2cc(c3OC2OC(CO)C(O)C(O)C2OC2CC(C)(N)C(O)C(C)O2)Oc2ccc(cc2Cl)C1O.O=[PH+]O. The van der Waals surface area contributed by atoms with Gasteiger partial charge in [-0.05, 0) is 135 Å². The van der Waals surface area contributed by atoms with Crippen molar-refractivity contribution in [3.05, 3.63) is 117 Å². The van der Waals surface area contributed by atoms with Crippen molar-refractivity contribution in [2.24, 2.45) is 17.4 Å². The van der Waals surface area contributed by atoms with E-state index in [1.54, 1.807) is 13.8 Å². The number of alkyl carbamates (subject to hydrolysis) is 1. The van der Waals surface area contributed by atoms with E-state index >= 15 is 24.0 Å². The van der Waals surface area contributed by atoms with Crippen LogP contribution in [0.4, 0.5) is 4.79 Å². The summed E-state index contributed by atoms with van der Waals surface area (Å²) < 4.78 is 70.4. The number of aliphatic carboxylic acids is 1. The highest BCUT2D eigenvalue weighted by Gasteiger charge is 2.53. The maximum absolute atomic E-state index is 16.5. The Labute approximate surface area is 733 Å². The number of primary amides is 1. The van der Waals surface area contributed by atoms with Crippen LogP contribution in [0.5, 0.6) is 46.0 Å². The number of aliphatic hydroxyl groups is 7. The molecule has 5 aromatic rings. The number of ether oxygens (including phenoxy) is 10. The monoisotopic (exact) mass is 1840 g/mol. The predicted octanol–water partition coefficient (Wildman–Crippen LogP) is -0.130. The lowest BCUT2D eigenvalue weighted by molar-refractivity contribution is -0.333. The number of nitrogens with two attached hydrogens (primary N) is 2. The standard InChI is InChI=1S/C80H96Cl2N10O32.HO2P/c1-30(2)16-43(85-7)70(106)90-60-62(101)34-9-13-47(41(81)18-34)119-49-20-36-21-50(66(49)124-77-67(64(103)63(102)51(28-94)121-77)123-54-25-79(5,84)68(104)31(3)117-54)120-48-14-10-35(19-42(48)82)65(122-55-26-80(6,69(105)32(4)118-55)92-78(114)116-29-115-53(100)15-11-37(95)27-93)61-75(111)89-59(76(112)113)40-22-38(96)23-46(98)56(40)39-17-33(8-12-45(39)97)57(72(108)91-61)88-73(109)58(36)87-71(107)44(24-52(83)99)86-74(60)110;1-3-2/h8-10,12-14,17-23,27,30-32,37,43-44,51,54-55,57-65,67-69,77,85,94-98,101-105H,11,15-16,24-26,28-29,84H2,1-7H3,(H2,83,99)(H,86,110)(H,87,107)(H,88,109)(H,89,111)(H,90,106)(H,91,108)(H,92,114)(H,112,113);3H/p+1. The van der Waals surface area contributed by atoms with Gasteiger partial charge >= 0.3 is 26.7 Å². The number of phenols is 3. The number of phenolic OH excluding ortho intramolecular Hbond substituents is 3. The van der Waals surface area contributed by atoms with Crippen molar-refractivity contribution in [3.8, 4) is 57.1 Å². The summed E-state index contributed by atoms with van der Waals surface area (Å²) >= 11 is 14.6. The van der Waals surface area contributed by atoms with Gasteiger partial charge in [0.15, 0.2) is 36.2 Å². The van der Waals surface area contributed by atoms with E-state index in [0.29, 0.717) is 0 Å². The van der Waals surface area contributed by atoms with Crippen LogP contribution in [0.1, 0.15) is 138 Å². The normalized spacial score (nSPS) is 29.5. The number of nitrogens with one attached hydrogen (secondary N) is 8. The van der Waals surface area contributed by atoms with Crippen LogP contribution in [-0.2, 0) is 85.7 Å². The number of carboxylic acids is 1. The molecule has 11 bridgehead atoms. The van der Waals surface area contributed by atoms with Gasteiger partial charge < -0.3 is 162 Å². The number of carboxylic acid groups (broad SMARTS) is 1. The molecule has 24 unspecified atom stereocenters. The molecular weight excluding hydrogens is 1750 g/mol. The van der Waals surface area contributed by atoms with E-state index in [1.807, 2.05) is 0 Å². The molecule has 0 radical (unpaired) electrons. The summed E-state index contributed by atoms with van der Waals surface area (Å²) in [6.45, 7) is 7.09. The Bertz CT molecular complexity index is 4960. The van der Waals surface area contributed by atoms with Gasteiger partial charge in [-0.15, -0.1) is 0 Å².